The summed E-state index contributed by atoms with van der Waals surface area (Å²) in [6, 6.07) is 5.32. The SMILES string of the molecule is NCC1(C(=O)Nc2ccc(Br)c(Cl)c2)CCOCC1. The molecule has 0 atom stereocenters. The van der Waals surface area contributed by atoms with Crippen molar-refractivity contribution in [1.29, 1.82) is 0 Å². The molecule has 6 heteroatoms. The van der Waals surface area contributed by atoms with E-state index in [-0.39, 0.29) is 5.91 Å². The minimum atomic E-state index is -0.530. The zero-order valence-electron chi connectivity index (χ0n) is 10.4. The van der Waals surface area contributed by atoms with Gasteiger partial charge in [0.2, 0.25) is 5.91 Å². The molecule has 1 fully saturated rings. The standard InChI is InChI=1S/C13H16BrClN2O2/c14-10-2-1-9(7-11(10)15)17-12(18)13(8-16)3-5-19-6-4-13/h1-2,7H,3-6,8,16H2,(H,17,18). The van der Waals surface area contributed by atoms with E-state index in [1.54, 1.807) is 18.2 Å². The van der Waals surface area contributed by atoms with E-state index in [2.05, 4.69) is 21.2 Å². The summed E-state index contributed by atoms with van der Waals surface area (Å²) in [4.78, 5) is 12.4. The number of anilines is 1. The fraction of sp³-hybridized carbons (Fsp3) is 0.462. The predicted octanol–water partition coefficient (Wildman–Crippen LogP) is 2.80. The minimum absolute atomic E-state index is 0.0586. The predicted molar refractivity (Wildman–Crippen MR) is 79.3 cm³/mol. The zero-order valence-corrected chi connectivity index (χ0v) is 12.8. The molecule has 0 spiro atoms. The molecule has 104 valence electrons. The Hall–Kier alpha value is -0.620. The summed E-state index contributed by atoms with van der Waals surface area (Å²) in [5.41, 5.74) is 5.95. The van der Waals surface area contributed by atoms with Gasteiger partial charge in [-0.1, -0.05) is 11.6 Å². The highest BCUT2D eigenvalue weighted by atomic mass is 79.9. The second-order valence-electron chi connectivity index (χ2n) is 4.68. The van der Waals surface area contributed by atoms with Crippen LogP contribution in [0.1, 0.15) is 12.8 Å². The largest absolute Gasteiger partial charge is 0.381 e. The number of halogens is 2. The van der Waals surface area contributed by atoms with Crippen LogP contribution in [0, 0.1) is 5.41 Å². The van der Waals surface area contributed by atoms with Crippen molar-refractivity contribution in [2.75, 3.05) is 25.1 Å². The maximum atomic E-state index is 12.4. The molecule has 1 heterocycles. The van der Waals surface area contributed by atoms with Crippen molar-refractivity contribution in [3.63, 3.8) is 0 Å². The molecular formula is C13H16BrClN2O2. The lowest BCUT2D eigenvalue weighted by Gasteiger charge is -2.34. The molecule has 1 aliphatic heterocycles. The summed E-state index contributed by atoms with van der Waals surface area (Å²) in [5.74, 6) is -0.0586. The van der Waals surface area contributed by atoms with E-state index in [9.17, 15) is 4.79 Å². The van der Waals surface area contributed by atoms with Gasteiger partial charge in [-0.05, 0) is 47.0 Å². The Balaban J connectivity index is 2.12. The maximum absolute atomic E-state index is 12.4. The molecule has 3 N–H and O–H groups in total. The number of carbonyl (C=O) groups excluding carboxylic acids is 1. The topological polar surface area (TPSA) is 64.4 Å². The summed E-state index contributed by atoms with van der Waals surface area (Å²) in [6.07, 6.45) is 1.30. The average Bonchev–Trinajstić information content (AvgIpc) is 2.43. The molecule has 0 aliphatic carbocycles. The monoisotopic (exact) mass is 346 g/mol. The smallest absolute Gasteiger partial charge is 0.232 e. The lowest BCUT2D eigenvalue weighted by molar-refractivity contribution is -0.130. The second-order valence-corrected chi connectivity index (χ2v) is 5.94. The number of ether oxygens (including phenoxy) is 1. The van der Waals surface area contributed by atoms with Gasteiger partial charge in [0.15, 0.2) is 0 Å². The number of benzene rings is 1. The Morgan fingerprint density at radius 3 is 2.74 bits per heavy atom. The van der Waals surface area contributed by atoms with Crippen molar-refractivity contribution in [3.8, 4) is 0 Å². The van der Waals surface area contributed by atoms with Gasteiger partial charge in [0.25, 0.3) is 0 Å². The highest BCUT2D eigenvalue weighted by Gasteiger charge is 2.38. The second kappa shape index (κ2) is 6.22. The normalized spacial score (nSPS) is 18.1. The van der Waals surface area contributed by atoms with E-state index in [1.807, 2.05) is 0 Å². The number of rotatable bonds is 3. The molecule has 19 heavy (non-hydrogen) atoms. The molecule has 0 aromatic heterocycles. The third-order valence-electron chi connectivity index (χ3n) is 3.50. The quantitative estimate of drug-likeness (QED) is 0.883. The van der Waals surface area contributed by atoms with Gasteiger partial charge in [0, 0.05) is 29.9 Å². The van der Waals surface area contributed by atoms with Gasteiger partial charge < -0.3 is 15.8 Å². The van der Waals surface area contributed by atoms with E-state index < -0.39 is 5.41 Å². The van der Waals surface area contributed by atoms with Crippen LogP contribution >= 0.6 is 27.5 Å². The zero-order chi connectivity index (χ0) is 13.9. The Morgan fingerprint density at radius 2 is 2.16 bits per heavy atom. The highest BCUT2D eigenvalue weighted by Crippen LogP contribution is 2.32. The van der Waals surface area contributed by atoms with Gasteiger partial charge >= 0.3 is 0 Å². The van der Waals surface area contributed by atoms with Crippen LogP contribution in [0.15, 0.2) is 22.7 Å². The first kappa shape index (κ1) is 14.8. The van der Waals surface area contributed by atoms with Crippen LogP contribution in [0.4, 0.5) is 5.69 Å². The molecule has 4 nitrogen and oxygen atoms in total. The van der Waals surface area contributed by atoms with Crippen molar-refractivity contribution in [1.82, 2.24) is 0 Å². The van der Waals surface area contributed by atoms with Crippen molar-refractivity contribution in [3.05, 3.63) is 27.7 Å². The molecule has 0 bridgehead atoms. The van der Waals surface area contributed by atoms with Gasteiger partial charge in [-0.3, -0.25) is 4.79 Å². The van der Waals surface area contributed by atoms with Gasteiger partial charge in [-0.25, -0.2) is 0 Å². The fourth-order valence-corrected chi connectivity index (χ4v) is 2.55. The van der Waals surface area contributed by atoms with Crippen LogP contribution in [0.25, 0.3) is 0 Å². The third-order valence-corrected chi connectivity index (χ3v) is 4.73. The summed E-state index contributed by atoms with van der Waals surface area (Å²) >= 11 is 9.32. The molecular weight excluding hydrogens is 332 g/mol. The van der Waals surface area contributed by atoms with Gasteiger partial charge in [-0.2, -0.15) is 0 Å². The first-order chi connectivity index (χ1) is 9.07. The molecule has 1 aromatic rings. The van der Waals surface area contributed by atoms with E-state index in [1.165, 1.54) is 0 Å². The van der Waals surface area contributed by atoms with Crippen LogP contribution in [0.2, 0.25) is 5.02 Å². The number of nitrogens with one attached hydrogen (secondary N) is 1. The van der Waals surface area contributed by atoms with Crippen molar-refractivity contribution in [2.24, 2.45) is 11.1 Å². The van der Waals surface area contributed by atoms with Gasteiger partial charge in [-0.15, -0.1) is 0 Å². The summed E-state index contributed by atoms with van der Waals surface area (Å²) in [5, 5.41) is 3.45. The first-order valence-electron chi connectivity index (χ1n) is 6.12. The van der Waals surface area contributed by atoms with E-state index in [0.717, 1.165) is 4.47 Å². The highest BCUT2D eigenvalue weighted by molar-refractivity contribution is 9.10. The average molecular weight is 348 g/mol. The molecule has 0 radical (unpaired) electrons. The van der Waals surface area contributed by atoms with Crippen LogP contribution < -0.4 is 11.1 Å². The Kier molecular flexibility index (Phi) is 4.84. The first-order valence-corrected chi connectivity index (χ1v) is 7.29. The van der Waals surface area contributed by atoms with Crippen LogP contribution in [-0.2, 0) is 9.53 Å². The van der Waals surface area contributed by atoms with Crippen LogP contribution in [0.3, 0.4) is 0 Å². The Labute approximate surface area is 125 Å². The Morgan fingerprint density at radius 1 is 1.47 bits per heavy atom. The molecule has 1 saturated heterocycles. The molecule has 1 aliphatic rings. The fourth-order valence-electron chi connectivity index (χ4n) is 2.12. The van der Waals surface area contributed by atoms with Gasteiger partial charge in [0.05, 0.1) is 10.4 Å². The Bertz CT molecular complexity index is 476. The van der Waals surface area contributed by atoms with Gasteiger partial charge in [0.1, 0.15) is 0 Å². The van der Waals surface area contributed by atoms with E-state index >= 15 is 0 Å². The lowest BCUT2D eigenvalue weighted by Crippen LogP contribution is -2.46. The molecule has 2 rings (SSSR count). The van der Waals surface area contributed by atoms with Crippen molar-refractivity contribution in [2.45, 2.75) is 12.8 Å². The summed E-state index contributed by atoms with van der Waals surface area (Å²) in [7, 11) is 0. The van der Waals surface area contributed by atoms with Crippen LogP contribution in [0.5, 0.6) is 0 Å². The number of carbonyl (C=O) groups is 1. The molecule has 1 aromatic carbocycles. The van der Waals surface area contributed by atoms with E-state index in [4.69, 9.17) is 22.1 Å². The molecule has 0 unspecified atom stereocenters. The molecule has 1 amide bonds. The van der Waals surface area contributed by atoms with Crippen LogP contribution in [-0.4, -0.2) is 25.7 Å². The van der Waals surface area contributed by atoms with E-state index in [0.29, 0.717) is 43.3 Å². The lowest BCUT2D eigenvalue weighted by atomic mass is 9.79. The number of hydrogen-bond acceptors (Lipinski definition) is 3. The van der Waals surface area contributed by atoms with Crippen molar-refractivity contribution >= 4 is 39.1 Å². The number of amides is 1. The molecule has 0 saturated carbocycles. The number of nitrogens with two attached hydrogens (primary N) is 1. The van der Waals surface area contributed by atoms with Crippen molar-refractivity contribution < 1.29 is 9.53 Å². The summed E-state index contributed by atoms with van der Waals surface area (Å²) in [6.45, 7) is 1.48. The maximum Gasteiger partial charge on any atom is 0.232 e. The summed E-state index contributed by atoms with van der Waals surface area (Å²) < 4.78 is 6.10. The number of hydrogen-bond donors (Lipinski definition) is 2. The third kappa shape index (κ3) is 3.28. The minimum Gasteiger partial charge on any atom is -0.381 e.